The van der Waals surface area contributed by atoms with Crippen LogP contribution in [0.2, 0.25) is 0 Å². The number of Topliss-reactive ketones (excluding diaryl/α,β-unsaturated/α-hetero) is 1. The van der Waals surface area contributed by atoms with Gasteiger partial charge in [0.1, 0.15) is 17.4 Å². The Hall–Kier alpha value is -4.67. The summed E-state index contributed by atoms with van der Waals surface area (Å²) in [5.74, 6) is -2.67. The van der Waals surface area contributed by atoms with Crippen molar-refractivity contribution in [3.63, 3.8) is 0 Å². The van der Waals surface area contributed by atoms with Gasteiger partial charge in [0.2, 0.25) is 17.6 Å². The highest BCUT2D eigenvalue weighted by Gasteiger charge is 2.42. The number of nitrogens with one attached hydrogen (secondary N) is 3. The van der Waals surface area contributed by atoms with Gasteiger partial charge in [-0.25, -0.2) is 0 Å². The Balaban J connectivity index is 1.39. The quantitative estimate of drug-likeness (QED) is 0.258. The summed E-state index contributed by atoms with van der Waals surface area (Å²) >= 11 is 0. The summed E-state index contributed by atoms with van der Waals surface area (Å²) in [5, 5.41) is 8.90. The van der Waals surface area contributed by atoms with Crippen LogP contribution in [-0.2, 0) is 25.7 Å². The van der Waals surface area contributed by atoms with Crippen LogP contribution in [0.25, 0.3) is 11.0 Å². The first-order chi connectivity index (χ1) is 22.2. The number of nitrogens with zero attached hydrogens (tertiary/aromatic N) is 1. The van der Waals surface area contributed by atoms with Crippen molar-refractivity contribution in [3.05, 3.63) is 65.9 Å². The molecule has 3 aromatic rings. The van der Waals surface area contributed by atoms with Gasteiger partial charge in [-0.05, 0) is 67.9 Å². The fourth-order valence-corrected chi connectivity index (χ4v) is 6.59. The van der Waals surface area contributed by atoms with Crippen molar-refractivity contribution in [2.45, 2.75) is 70.5 Å². The summed E-state index contributed by atoms with van der Waals surface area (Å²) in [6, 6.07) is 14.5. The Morgan fingerprint density at radius 3 is 2.52 bits per heavy atom. The van der Waals surface area contributed by atoms with Gasteiger partial charge in [-0.1, -0.05) is 50.1 Å². The zero-order chi connectivity index (χ0) is 32.6. The molecule has 11 nitrogen and oxygen atoms in total. The van der Waals surface area contributed by atoms with Crippen LogP contribution in [0.4, 0.5) is 0 Å². The minimum absolute atomic E-state index is 0.0255. The van der Waals surface area contributed by atoms with Crippen LogP contribution in [0.1, 0.15) is 68.0 Å². The second-order valence-electron chi connectivity index (χ2n) is 12.2. The number of rotatable bonds is 12. The largest absolute Gasteiger partial charge is 0.497 e. The average Bonchev–Trinajstić information content (AvgIpc) is 3.51. The molecule has 2 aliphatic rings. The lowest BCUT2D eigenvalue weighted by atomic mass is 9.82. The second-order valence-corrected chi connectivity index (χ2v) is 12.2. The fourth-order valence-electron chi connectivity index (χ4n) is 6.59. The van der Waals surface area contributed by atoms with Gasteiger partial charge in [-0.3, -0.25) is 24.0 Å². The molecule has 2 aromatic carbocycles. The molecule has 1 aliphatic carbocycles. The molecule has 0 spiro atoms. The molecule has 1 saturated heterocycles. The maximum atomic E-state index is 14.1. The molecule has 0 bridgehead atoms. The van der Waals surface area contributed by atoms with Crippen LogP contribution in [-0.4, -0.2) is 66.6 Å². The maximum Gasteiger partial charge on any atom is 0.289 e. The standard InChI is InChI=1S/C35H42N4O7/c1-22-9-6-7-13-27(22)39(31(40)21-38-34(43)30-19-25-17-26(45-2)14-15-29(25)46-30)28(18-24-12-8-16-36-33(24)42)32(41)35(44)37-20-23-10-4-3-5-11-23/h3-5,10-11,14-15,17,19,22,24,27-28H,6-9,12-13,16,18,20-21H2,1-2H3,(H,36,42)(H,37,44)(H,38,43)/t22?,24-,27?,28-/m0/s1. The third-order valence-corrected chi connectivity index (χ3v) is 9.12. The van der Waals surface area contributed by atoms with Gasteiger partial charge in [0.15, 0.2) is 5.76 Å². The van der Waals surface area contributed by atoms with Gasteiger partial charge in [0.25, 0.3) is 11.8 Å². The number of carbonyl (C=O) groups is 5. The number of ketones is 1. The molecule has 3 N–H and O–H groups in total. The summed E-state index contributed by atoms with van der Waals surface area (Å²) in [7, 11) is 1.55. The topological polar surface area (TPSA) is 147 Å². The molecule has 2 heterocycles. The van der Waals surface area contributed by atoms with Gasteiger partial charge in [-0.2, -0.15) is 0 Å². The van der Waals surface area contributed by atoms with Crippen LogP contribution in [0, 0.1) is 11.8 Å². The molecule has 1 aromatic heterocycles. The number of methoxy groups -OCH3 is 1. The van der Waals surface area contributed by atoms with Crippen LogP contribution in [0.15, 0.2) is 59.0 Å². The van der Waals surface area contributed by atoms with Crippen molar-refractivity contribution in [2.24, 2.45) is 11.8 Å². The van der Waals surface area contributed by atoms with Crippen molar-refractivity contribution in [2.75, 3.05) is 20.2 Å². The summed E-state index contributed by atoms with van der Waals surface area (Å²) in [6.07, 6.45) is 4.68. The van der Waals surface area contributed by atoms with Crippen LogP contribution in [0.3, 0.4) is 0 Å². The molecule has 0 radical (unpaired) electrons. The SMILES string of the molecule is COc1ccc2oc(C(=O)NCC(=O)N(C3CCCCC3C)[C@@H](C[C@@H]3CCCNC3=O)C(=O)C(=O)NCc3ccccc3)cc2c1. The number of amides is 4. The van der Waals surface area contributed by atoms with E-state index in [2.05, 4.69) is 16.0 Å². The van der Waals surface area contributed by atoms with E-state index in [1.54, 1.807) is 31.4 Å². The smallest absolute Gasteiger partial charge is 0.289 e. The molecule has 244 valence electrons. The van der Waals surface area contributed by atoms with Gasteiger partial charge in [0.05, 0.1) is 13.7 Å². The van der Waals surface area contributed by atoms with E-state index in [0.29, 0.717) is 36.1 Å². The lowest BCUT2D eigenvalue weighted by Gasteiger charge is -2.43. The number of hydrogen-bond donors (Lipinski definition) is 3. The first kappa shape index (κ1) is 32.7. The number of ether oxygens (including phenoxy) is 1. The molecule has 4 amide bonds. The van der Waals surface area contributed by atoms with Gasteiger partial charge in [0, 0.05) is 30.4 Å². The summed E-state index contributed by atoms with van der Waals surface area (Å²) in [6.45, 7) is 2.33. The molecule has 5 rings (SSSR count). The lowest BCUT2D eigenvalue weighted by molar-refractivity contribution is -0.150. The molecule has 46 heavy (non-hydrogen) atoms. The Morgan fingerprint density at radius 1 is 1.00 bits per heavy atom. The highest BCUT2D eigenvalue weighted by atomic mass is 16.5. The number of piperidine rings is 1. The van der Waals surface area contributed by atoms with E-state index in [1.165, 1.54) is 4.90 Å². The first-order valence-electron chi connectivity index (χ1n) is 16.1. The molecule has 4 atom stereocenters. The highest BCUT2D eigenvalue weighted by Crippen LogP contribution is 2.32. The Labute approximate surface area is 268 Å². The van der Waals surface area contributed by atoms with Crippen LogP contribution < -0.4 is 20.7 Å². The summed E-state index contributed by atoms with van der Waals surface area (Å²) < 4.78 is 11.0. The highest BCUT2D eigenvalue weighted by molar-refractivity contribution is 6.38. The third kappa shape index (κ3) is 7.75. The monoisotopic (exact) mass is 630 g/mol. The van der Waals surface area contributed by atoms with Gasteiger partial charge in [-0.15, -0.1) is 0 Å². The number of fused-ring (bicyclic) bond motifs is 1. The molecule has 11 heteroatoms. The zero-order valence-corrected chi connectivity index (χ0v) is 26.4. The summed E-state index contributed by atoms with van der Waals surface area (Å²) in [4.78, 5) is 69.0. The van der Waals surface area contributed by atoms with E-state index in [1.807, 2.05) is 37.3 Å². The summed E-state index contributed by atoms with van der Waals surface area (Å²) in [5.41, 5.74) is 1.32. The van der Waals surface area contributed by atoms with E-state index < -0.39 is 42.0 Å². The van der Waals surface area contributed by atoms with E-state index in [4.69, 9.17) is 9.15 Å². The second kappa shape index (κ2) is 15.1. The van der Waals surface area contributed by atoms with Crippen molar-refractivity contribution < 1.29 is 33.1 Å². The Morgan fingerprint density at radius 2 is 1.78 bits per heavy atom. The minimum Gasteiger partial charge on any atom is -0.497 e. The Bertz CT molecular complexity index is 1570. The molecule has 2 fully saturated rings. The van der Waals surface area contributed by atoms with Crippen molar-refractivity contribution >= 4 is 40.4 Å². The molecular weight excluding hydrogens is 588 g/mol. The lowest BCUT2D eigenvalue weighted by Crippen LogP contribution is -2.59. The van der Waals surface area contributed by atoms with E-state index >= 15 is 0 Å². The minimum atomic E-state index is -1.17. The number of furan rings is 1. The van der Waals surface area contributed by atoms with Crippen LogP contribution in [0.5, 0.6) is 5.75 Å². The molecule has 1 aliphatic heterocycles. The Kier molecular flexibility index (Phi) is 10.7. The van der Waals surface area contributed by atoms with E-state index in [9.17, 15) is 24.0 Å². The number of benzene rings is 2. The zero-order valence-electron chi connectivity index (χ0n) is 26.4. The average molecular weight is 631 g/mol. The van der Waals surface area contributed by atoms with E-state index in [0.717, 1.165) is 31.2 Å². The van der Waals surface area contributed by atoms with Crippen molar-refractivity contribution in [3.8, 4) is 5.75 Å². The third-order valence-electron chi connectivity index (χ3n) is 9.12. The van der Waals surface area contributed by atoms with Gasteiger partial charge >= 0.3 is 0 Å². The molecule has 2 unspecified atom stereocenters. The molecule has 1 saturated carbocycles. The van der Waals surface area contributed by atoms with Crippen molar-refractivity contribution in [1.29, 1.82) is 0 Å². The fraction of sp³-hybridized carbons (Fsp3) is 0.457. The normalized spacial score (nSPS) is 20.3. The predicted octanol–water partition coefficient (Wildman–Crippen LogP) is 3.75. The maximum absolute atomic E-state index is 14.1. The van der Waals surface area contributed by atoms with Crippen molar-refractivity contribution in [1.82, 2.24) is 20.9 Å². The number of carbonyl (C=O) groups excluding carboxylic acids is 5. The molecular formula is C35H42N4O7. The van der Waals surface area contributed by atoms with E-state index in [-0.39, 0.29) is 36.6 Å². The first-order valence-corrected chi connectivity index (χ1v) is 16.1. The number of hydrogen-bond acceptors (Lipinski definition) is 7. The predicted molar refractivity (Wildman–Crippen MR) is 171 cm³/mol. The van der Waals surface area contributed by atoms with Crippen LogP contribution >= 0.6 is 0 Å². The van der Waals surface area contributed by atoms with Gasteiger partial charge < -0.3 is 30.0 Å².